The van der Waals surface area contributed by atoms with Gasteiger partial charge in [0, 0.05) is 12.2 Å². The highest BCUT2D eigenvalue weighted by molar-refractivity contribution is 7.99. The lowest BCUT2D eigenvalue weighted by Gasteiger charge is -2.13. The van der Waals surface area contributed by atoms with E-state index in [-0.39, 0.29) is 12.4 Å². The summed E-state index contributed by atoms with van der Waals surface area (Å²) in [7, 11) is 0. The van der Waals surface area contributed by atoms with Gasteiger partial charge < -0.3 is 14.6 Å². The number of ketones is 1. The van der Waals surface area contributed by atoms with E-state index >= 15 is 0 Å². The number of carbonyl (C=O) groups excluding carboxylic acids is 1. The molecule has 0 radical (unpaired) electrons. The Morgan fingerprint density at radius 1 is 1.21 bits per heavy atom. The number of thioether (sulfide) groups is 1. The topological polar surface area (TPSA) is 77.2 Å². The van der Waals surface area contributed by atoms with Gasteiger partial charge in [0.15, 0.2) is 5.16 Å². The number of hydrogen-bond acceptors (Lipinski definition) is 6. The summed E-state index contributed by atoms with van der Waals surface area (Å²) in [6, 6.07) is 15.7. The average Bonchev–Trinajstić information content (AvgIpc) is 3.18. The second-order valence-electron chi connectivity index (χ2n) is 6.89. The molecule has 0 spiro atoms. The minimum Gasteiger partial charge on any atom is -0.491 e. The van der Waals surface area contributed by atoms with Gasteiger partial charge in [0.25, 0.3) is 0 Å². The number of aromatic nitrogens is 3. The van der Waals surface area contributed by atoms with Crippen LogP contribution in [-0.2, 0) is 11.2 Å². The Hall–Kier alpha value is -2.64. The van der Waals surface area contributed by atoms with Gasteiger partial charge in [0.05, 0.1) is 11.8 Å². The van der Waals surface area contributed by atoms with Crippen molar-refractivity contribution in [2.45, 2.75) is 37.9 Å². The Kier molecular flexibility index (Phi) is 7.43. The molecule has 0 amide bonds. The largest absolute Gasteiger partial charge is 0.491 e. The third kappa shape index (κ3) is 6.17. The van der Waals surface area contributed by atoms with Crippen molar-refractivity contribution in [3.05, 3.63) is 66.0 Å². The number of para-hydroxylation sites is 1. The molecule has 1 heterocycles. The zero-order valence-electron chi connectivity index (χ0n) is 16.6. The molecule has 0 aliphatic heterocycles. The van der Waals surface area contributed by atoms with Gasteiger partial charge in [-0.05, 0) is 49.6 Å². The summed E-state index contributed by atoms with van der Waals surface area (Å²) in [5, 5.41) is 19.2. The Labute approximate surface area is 174 Å². The number of Topliss-reactive ketones (excluding diaryl/α,β-unsaturated/α-hetero) is 1. The molecule has 7 heteroatoms. The SMILES string of the molecule is CC(=O)CCc1ccc(OCC(O)CSc2nncn2-c2ccccc2C)cc1. The van der Waals surface area contributed by atoms with E-state index in [1.807, 2.05) is 60.0 Å². The molecule has 1 aromatic heterocycles. The van der Waals surface area contributed by atoms with Gasteiger partial charge in [0.1, 0.15) is 24.5 Å². The number of ether oxygens (including phenoxy) is 1. The third-order valence-electron chi connectivity index (χ3n) is 4.43. The van der Waals surface area contributed by atoms with E-state index < -0.39 is 6.10 Å². The quantitative estimate of drug-likeness (QED) is 0.514. The maximum absolute atomic E-state index is 11.1. The molecule has 0 bridgehead atoms. The number of carbonyl (C=O) groups is 1. The summed E-state index contributed by atoms with van der Waals surface area (Å²) in [6.45, 7) is 3.83. The Balaban J connectivity index is 1.49. The number of hydrogen-bond donors (Lipinski definition) is 1. The molecule has 0 saturated carbocycles. The molecule has 3 aromatic rings. The fraction of sp³-hybridized carbons (Fsp3) is 0.318. The van der Waals surface area contributed by atoms with Gasteiger partial charge in [-0.1, -0.05) is 42.1 Å². The first-order chi connectivity index (χ1) is 14.0. The molecular formula is C22H25N3O3S. The van der Waals surface area contributed by atoms with Gasteiger partial charge in [0.2, 0.25) is 0 Å². The molecule has 0 fully saturated rings. The van der Waals surface area contributed by atoms with Crippen LogP contribution in [0.1, 0.15) is 24.5 Å². The second kappa shape index (κ2) is 10.2. The lowest BCUT2D eigenvalue weighted by Crippen LogP contribution is -2.20. The van der Waals surface area contributed by atoms with Crippen molar-refractivity contribution in [2.24, 2.45) is 0 Å². The van der Waals surface area contributed by atoms with Crippen LogP contribution in [0.3, 0.4) is 0 Å². The average molecular weight is 412 g/mol. The summed E-state index contributed by atoms with van der Waals surface area (Å²) in [5.41, 5.74) is 3.25. The molecule has 2 aromatic carbocycles. The van der Waals surface area contributed by atoms with Crippen LogP contribution in [0.4, 0.5) is 0 Å². The predicted molar refractivity (Wildman–Crippen MR) is 114 cm³/mol. The summed E-state index contributed by atoms with van der Waals surface area (Å²) >= 11 is 1.44. The van der Waals surface area contributed by atoms with Crippen molar-refractivity contribution in [2.75, 3.05) is 12.4 Å². The highest BCUT2D eigenvalue weighted by atomic mass is 32.2. The zero-order valence-corrected chi connectivity index (χ0v) is 17.4. The van der Waals surface area contributed by atoms with E-state index in [0.29, 0.717) is 17.9 Å². The fourth-order valence-corrected chi connectivity index (χ4v) is 3.63. The highest BCUT2D eigenvalue weighted by Crippen LogP contribution is 2.22. The van der Waals surface area contributed by atoms with Crippen LogP contribution in [0.5, 0.6) is 5.75 Å². The van der Waals surface area contributed by atoms with Gasteiger partial charge in [-0.3, -0.25) is 4.57 Å². The van der Waals surface area contributed by atoms with Crippen molar-refractivity contribution in [1.29, 1.82) is 0 Å². The van der Waals surface area contributed by atoms with Crippen molar-refractivity contribution in [1.82, 2.24) is 14.8 Å². The van der Waals surface area contributed by atoms with Crippen molar-refractivity contribution >= 4 is 17.5 Å². The Bertz CT molecular complexity index is 940. The molecule has 3 rings (SSSR count). The van der Waals surface area contributed by atoms with E-state index in [0.717, 1.165) is 28.4 Å². The van der Waals surface area contributed by atoms with Gasteiger partial charge in [-0.25, -0.2) is 0 Å². The maximum Gasteiger partial charge on any atom is 0.195 e. The number of aliphatic hydroxyl groups is 1. The second-order valence-corrected chi connectivity index (χ2v) is 7.88. The Morgan fingerprint density at radius 2 is 1.97 bits per heavy atom. The van der Waals surface area contributed by atoms with Crippen LogP contribution in [-0.4, -0.2) is 44.1 Å². The van der Waals surface area contributed by atoms with E-state index in [2.05, 4.69) is 10.2 Å². The van der Waals surface area contributed by atoms with Gasteiger partial charge >= 0.3 is 0 Å². The van der Waals surface area contributed by atoms with Crippen LogP contribution in [0, 0.1) is 6.92 Å². The van der Waals surface area contributed by atoms with E-state index in [9.17, 15) is 9.90 Å². The minimum atomic E-state index is -0.639. The summed E-state index contributed by atoms with van der Waals surface area (Å²) < 4.78 is 7.60. The Morgan fingerprint density at radius 3 is 2.69 bits per heavy atom. The van der Waals surface area contributed by atoms with Crippen LogP contribution >= 0.6 is 11.8 Å². The molecule has 29 heavy (non-hydrogen) atoms. The van der Waals surface area contributed by atoms with Crippen molar-refractivity contribution < 1.29 is 14.6 Å². The molecule has 1 unspecified atom stereocenters. The molecular weight excluding hydrogens is 386 g/mol. The number of aryl methyl sites for hydroxylation is 2. The monoisotopic (exact) mass is 411 g/mol. The van der Waals surface area contributed by atoms with Crippen LogP contribution < -0.4 is 4.74 Å². The minimum absolute atomic E-state index is 0.184. The number of rotatable bonds is 10. The molecule has 6 nitrogen and oxygen atoms in total. The summed E-state index contributed by atoms with van der Waals surface area (Å²) in [6.07, 6.45) is 2.32. The first-order valence-corrected chi connectivity index (χ1v) is 10.5. The van der Waals surface area contributed by atoms with Gasteiger partial charge in [-0.2, -0.15) is 0 Å². The molecule has 0 aliphatic rings. The molecule has 0 aliphatic carbocycles. The zero-order chi connectivity index (χ0) is 20.6. The number of benzene rings is 2. The lowest BCUT2D eigenvalue weighted by molar-refractivity contribution is -0.116. The normalized spacial score (nSPS) is 12.0. The standard InChI is InChI=1S/C22H25N3O3S/c1-16-5-3-4-6-21(16)25-15-23-24-22(25)29-14-19(27)13-28-20-11-9-18(10-12-20)8-7-17(2)26/h3-6,9-12,15,19,27H,7-8,13-14H2,1-2H3. The van der Waals surface area contributed by atoms with E-state index in [1.165, 1.54) is 11.8 Å². The van der Waals surface area contributed by atoms with Crippen LogP contribution in [0.2, 0.25) is 0 Å². The summed E-state index contributed by atoms with van der Waals surface area (Å²) in [5.74, 6) is 1.33. The van der Waals surface area contributed by atoms with Gasteiger partial charge in [-0.15, -0.1) is 10.2 Å². The number of nitrogens with zero attached hydrogens (tertiary/aromatic N) is 3. The highest BCUT2D eigenvalue weighted by Gasteiger charge is 2.12. The lowest BCUT2D eigenvalue weighted by atomic mass is 10.1. The molecule has 152 valence electrons. The number of aliphatic hydroxyl groups excluding tert-OH is 1. The van der Waals surface area contributed by atoms with Crippen molar-refractivity contribution in [3.63, 3.8) is 0 Å². The van der Waals surface area contributed by atoms with Crippen LogP contribution in [0.25, 0.3) is 5.69 Å². The van der Waals surface area contributed by atoms with Crippen LogP contribution in [0.15, 0.2) is 60.0 Å². The molecule has 1 atom stereocenters. The van der Waals surface area contributed by atoms with E-state index in [4.69, 9.17) is 4.74 Å². The summed E-state index contributed by atoms with van der Waals surface area (Å²) in [4.78, 5) is 11.1. The fourth-order valence-electron chi connectivity index (χ4n) is 2.81. The predicted octanol–water partition coefficient (Wildman–Crippen LogP) is 3.63. The van der Waals surface area contributed by atoms with E-state index in [1.54, 1.807) is 13.3 Å². The smallest absolute Gasteiger partial charge is 0.195 e. The van der Waals surface area contributed by atoms with Crippen molar-refractivity contribution in [3.8, 4) is 11.4 Å². The maximum atomic E-state index is 11.1. The molecule has 1 N–H and O–H groups in total. The first kappa shape index (κ1) is 21.1. The first-order valence-electron chi connectivity index (χ1n) is 9.51. The third-order valence-corrected chi connectivity index (χ3v) is 5.52. The molecule has 0 saturated heterocycles.